The van der Waals surface area contributed by atoms with Crippen LogP contribution in [0.25, 0.3) is 0 Å². The van der Waals surface area contributed by atoms with E-state index in [-0.39, 0.29) is 17.5 Å². The Morgan fingerprint density at radius 1 is 1.08 bits per heavy atom. The Bertz CT molecular complexity index is 638. The van der Waals surface area contributed by atoms with Crippen LogP contribution in [-0.2, 0) is 20.8 Å². The van der Waals surface area contributed by atoms with Crippen LogP contribution in [0.3, 0.4) is 0 Å². The van der Waals surface area contributed by atoms with Crippen molar-refractivity contribution in [2.45, 2.75) is 58.8 Å². The lowest BCUT2D eigenvalue weighted by molar-refractivity contribution is -0.123. The number of hydrogen-bond acceptors (Lipinski definition) is 3. The van der Waals surface area contributed by atoms with Crippen molar-refractivity contribution in [3.8, 4) is 0 Å². The molecule has 3 rings (SSSR count). The zero-order chi connectivity index (χ0) is 18.4. The van der Waals surface area contributed by atoms with Crippen molar-refractivity contribution in [2.24, 2.45) is 17.8 Å². The summed E-state index contributed by atoms with van der Waals surface area (Å²) >= 11 is 3.49. The van der Waals surface area contributed by atoms with Crippen molar-refractivity contribution in [3.05, 3.63) is 34.3 Å². The van der Waals surface area contributed by atoms with Gasteiger partial charge in [-0.25, -0.2) is 0 Å². The Labute approximate surface area is 158 Å². The van der Waals surface area contributed by atoms with Gasteiger partial charge in [-0.1, -0.05) is 28.1 Å². The lowest BCUT2D eigenvalue weighted by atomic mass is 9.96. The fourth-order valence-electron chi connectivity index (χ4n) is 3.79. The molecule has 2 aliphatic carbocycles. The summed E-state index contributed by atoms with van der Waals surface area (Å²) in [6, 6.07) is 8.49. The zero-order valence-corrected chi connectivity index (χ0v) is 16.7. The van der Waals surface area contributed by atoms with E-state index in [9.17, 15) is 14.4 Å². The lowest BCUT2D eigenvalue weighted by Crippen LogP contribution is -2.07. The molecule has 0 saturated heterocycles. The van der Waals surface area contributed by atoms with Gasteiger partial charge in [-0.2, -0.15) is 0 Å². The van der Waals surface area contributed by atoms with Crippen LogP contribution in [0.15, 0.2) is 28.7 Å². The van der Waals surface area contributed by atoms with E-state index < -0.39 is 0 Å². The number of carbonyl (C=O) groups is 3. The summed E-state index contributed by atoms with van der Waals surface area (Å²) in [5, 5.41) is 0. The van der Waals surface area contributed by atoms with Gasteiger partial charge >= 0.3 is 0 Å². The third kappa shape index (κ3) is 6.50. The molecule has 0 heterocycles. The van der Waals surface area contributed by atoms with Crippen LogP contribution in [0, 0.1) is 17.8 Å². The van der Waals surface area contributed by atoms with Crippen LogP contribution in [-0.4, -0.2) is 17.3 Å². The van der Waals surface area contributed by atoms with E-state index in [4.69, 9.17) is 0 Å². The van der Waals surface area contributed by atoms with Crippen LogP contribution in [0.1, 0.15) is 57.9 Å². The first-order valence-electron chi connectivity index (χ1n) is 9.12. The number of benzene rings is 1. The molecular formula is C21H27BrO3. The largest absolute Gasteiger partial charge is 0.300 e. The van der Waals surface area contributed by atoms with Crippen LogP contribution < -0.4 is 0 Å². The smallest absolute Gasteiger partial charge is 0.133 e. The molecule has 0 aliphatic heterocycles. The molecule has 1 aromatic rings. The average molecular weight is 407 g/mol. The second kappa shape index (κ2) is 9.42. The van der Waals surface area contributed by atoms with Crippen molar-refractivity contribution in [2.75, 3.05) is 0 Å². The van der Waals surface area contributed by atoms with Crippen LogP contribution in [0.5, 0.6) is 0 Å². The quantitative estimate of drug-likeness (QED) is 0.710. The molecule has 25 heavy (non-hydrogen) atoms. The van der Waals surface area contributed by atoms with E-state index >= 15 is 0 Å². The van der Waals surface area contributed by atoms with Gasteiger partial charge in [-0.05, 0) is 69.6 Å². The maximum atomic E-state index is 11.3. The number of rotatable bonds is 4. The van der Waals surface area contributed by atoms with E-state index in [2.05, 4.69) is 40.2 Å². The molecular weight excluding hydrogens is 380 g/mol. The van der Waals surface area contributed by atoms with E-state index in [1.165, 1.54) is 12.0 Å². The normalized spacial score (nSPS) is 25.4. The third-order valence-electron chi connectivity index (χ3n) is 5.35. The Hall–Kier alpha value is -1.29. The highest BCUT2D eigenvalue weighted by atomic mass is 79.9. The van der Waals surface area contributed by atoms with Crippen molar-refractivity contribution in [1.29, 1.82) is 0 Å². The minimum absolute atomic E-state index is 0.0532. The first kappa shape index (κ1) is 20.0. The lowest BCUT2D eigenvalue weighted by Gasteiger charge is -2.10. The highest BCUT2D eigenvalue weighted by Crippen LogP contribution is 2.34. The second-order valence-corrected chi connectivity index (χ2v) is 8.33. The van der Waals surface area contributed by atoms with Crippen molar-refractivity contribution in [1.82, 2.24) is 0 Å². The third-order valence-corrected chi connectivity index (χ3v) is 5.84. The minimum atomic E-state index is 0.0532. The van der Waals surface area contributed by atoms with E-state index in [1.807, 2.05) is 0 Å². The molecule has 1 aromatic carbocycles. The molecule has 2 aliphatic rings. The minimum Gasteiger partial charge on any atom is -0.300 e. The summed E-state index contributed by atoms with van der Waals surface area (Å²) in [4.78, 5) is 32.5. The Balaban J connectivity index is 0.000000212. The van der Waals surface area contributed by atoms with Gasteiger partial charge in [-0.15, -0.1) is 0 Å². The molecule has 2 fully saturated rings. The fourth-order valence-corrected chi connectivity index (χ4v) is 4.23. The molecule has 0 spiro atoms. The van der Waals surface area contributed by atoms with Gasteiger partial charge in [0.1, 0.15) is 17.3 Å². The molecule has 4 heteroatoms. The molecule has 0 radical (unpaired) electrons. The molecule has 0 aromatic heterocycles. The number of ketones is 3. The Morgan fingerprint density at radius 2 is 1.80 bits per heavy atom. The maximum Gasteiger partial charge on any atom is 0.133 e. The van der Waals surface area contributed by atoms with Crippen molar-refractivity contribution < 1.29 is 14.4 Å². The van der Waals surface area contributed by atoms with E-state index in [0.717, 1.165) is 30.2 Å². The van der Waals surface area contributed by atoms with Gasteiger partial charge in [0, 0.05) is 29.2 Å². The Morgan fingerprint density at radius 3 is 2.28 bits per heavy atom. The van der Waals surface area contributed by atoms with Gasteiger partial charge < -0.3 is 0 Å². The van der Waals surface area contributed by atoms with Gasteiger partial charge in [0.25, 0.3) is 0 Å². The molecule has 0 amide bonds. The summed E-state index contributed by atoms with van der Waals surface area (Å²) in [5.41, 5.74) is 1.38. The SMILES string of the molecule is CC(=O)[C@@H]1CC[C@@H](Cc2cccc(Br)c2)C1.CC(=O)[C@H]1CCC(=O)C1. The van der Waals surface area contributed by atoms with Crippen molar-refractivity contribution >= 4 is 33.3 Å². The summed E-state index contributed by atoms with van der Waals surface area (Å²) < 4.78 is 1.14. The number of Topliss-reactive ketones (excluding diaryl/α,β-unsaturated/α-hetero) is 3. The van der Waals surface area contributed by atoms with Crippen LogP contribution in [0.4, 0.5) is 0 Å². The first-order chi connectivity index (χ1) is 11.8. The molecule has 2 saturated carbocycles. The monoisotopic (exact) mass is 406 g/mol. The van der Waals surface area contributed by atoms with Gasteiger partial charge in [0.2, 0.25) is 0 Å². The number of carbonyl (C=O) groups excluding carboxylic acids is 3. The topological polar surface area (TPSA) is 51.2 Å². The maximum absolute atomic E-state index is 11.3. The average Bonchev–Trinajstić information content (AvgIpc) is 3.17. The van der Waals surface area contributed by atoms with Gasteiger partial charge in [0.05, 0.1) is 0 Å². The summed E-state index contributed by atoms with van der Waals surface area (Å²) in [6.07, 6.45) is 6.39. The number of hydrogen-bond donors (Lipinski definition) is 0. The second-order valence-electron chi connectivity index (χ2n) is 7.41. The molecule has 0 bridgehead atoms. The van der Waals surface area contributed by atoms with E-state index in [1.54, 1.807) is 13.8 Å². The predicted octanol–water partition coefficient (Wildman–Crippen LogP) is 4.94. The zero-order valence-electron chi connectivity index (χ0n) is 15.1. The summed E-state index contributed by atoms with van der Waals surface area (Å²) in [5.74, 6) is 1.87. The molecule has 3 atom stereocenters. The molecule has 0 N–H and O–H groups in total. The van der Waals surface area contributed by atoms with Gasteiger partial charge in [0.15, 0.2) is 0 Å². The molecule has 3 nitrogen and oxygen atoms in total. The summed E-state index contributed by atoms with van der Waals surface area (Å²) in [7, 11) is 0. The Kier molecular flexibility index (Phi) is 7.55. The van der Waals surface area contributed by atoms with Crippen LogP contribution in [0.2, 0.25) is 0 Å². The molecule has 136 valence electrons. The fraction of sp³-hybridized carbons (Fsp3) is 0.571. The van der Waals surface area contributed by atoms with Crippen molar-refractivity contribution in [3.63, 3.8) is 0 Å². The van der Waals surface area contributed by atoms with Crippen LogP contribution >= 0.6 is 15.9 Å². The first-order valence-corrected chi connectivity index (χ1v) is 9.91. The highest BCUT2D eigenvalue weighted by Gasteiger charge is 2.27. The molecule has 0 unspecified atom stereocenters. The predicted molar refractivity (Wildman–Crippen MR) is 102 cm³/mol. The standard InChI is InChI=1S/C14H17BrO.C7H10O2/c1-10(16)13-6-5-12(8-13)7-11-3-2-4-14(15)9-11;1-5(8)6-2-3-7(9)4-6/h2-4,9,12-13H,5-8H2,1H3;6H,2-4H2,1H3/t12-,13+;6-/m00/s1. The van der Waals surface area contributed by atoms with E-state index in [0.29, 0.717) is 30.5 Å². The highest BCUT2D eigenvalue weighted by molar-refractivity contribution is 9.10. The number of halogens is 1. The van der Waals surface area contributed by atoms with Gasteiger partial charge in [-0.3, -0.25) is 14.4 Å². The summed E-state index contributed by atoms with van der Waals surface area (Å²) in [6.45, 7) is 3.29.